The number of nitrogens with zero attached hydrogens (tertiary/aromatic N) is 4. The molecule has 0 spiro atoms. The van der Waals surface area contributed by atoms with Gasteiger partial charge in [-0.2, -0.15) is 0 Å². The fourth-order valence-electron chi connectivity index (χ4n) is 2.70. The average molecular weight is 337 g/mol. The molecule has 0 unspecified atom stereocenters. The van der Waals surface area contributed by atoms with Crippen LogP contribution in [0.15, 0.2) is 48.5 Å². The lowest BCUT2D eigenvalue weighted by Gasteiger charge is -2.08. The molecule has 1 aliphatic rings. The van der Waals surface area contributed by atoms with Gasteiger partial charge in [-0.25, -0.2) is 9.07 Å². The number of anilines is 1. The average Bonchev–Trinajstić information content (AvgIpc) is 3.34. The summed E-state index contributed by atoms with van der Waals surface area (Å²) in [5.74, 6) is 0.0340. The summed E-state index contributed by atoms with van der Waals surface area (Å²) in [7, 11) is 0. The number of hydrogen-bond donors (Lipinski definition) is 1. The number of halogens is 1. The first kappa shape index (κ1) is 15.4. The predicted octanol–water partition coefficient (Wildman–Crippen LogP) is 3.00. The van der Waals surface area contributed by atoms with Crippen LogP contribution in [-0.4, -0.2) is 26.1 Å². The monoisotopic (exact) mass is 337 g/mol. The van der Waals surface area contributed by atoms with Crippen molar-refractivity contribution in [3.8, 4) is 11.4 Å². The van der Waals surface area contributed by atoms with E-state index in [0.29, 0.717) is 23.1 Å². The Morgan fingerprint density at radius 3 is 2.84 bits per heavy atom. The topological polar surface area (TPSA) is 72.7 Å². The number of rotatable bonds is 5. The Morgan fingerprint density at radius 2 is 2.04 bits per heavy atom. The highest BCUT2D eigenvalue weighted by atomic mass is 19.1. The molecular formula is C18H16FN5O. The van der Waals surface area contributed by atoms with Gasteiger partial charge < -0.3 is 5.32 Å². The van der Waals surface area contributed by atoms with E-state index in [1.807, 2.05) is 22.9 Å². The van der Waals surface area contributed by atoms with Crippen LogP contribution in [0.4, 0.5) is 10.1 Å². The van der Waals surface area contributed by atoms with Crippen LogP contribution in [0.2, 0.25) is 0 Å². The summed E-state index contributed by atoms with van der Waals surface area (Å²) in [4.78, 5) is 12.2. The SMILES string of the molecule is O=C(Cc1ccccc1F)Nc1cccc(-c2nnnn2C2CC2)c1. The molecule has 126 valence electrons. The summed E-state index contributed by atoms with van der Waals surface area (Å²) in [6.45, 7) is 0. The maximum Gasteiger partial charge on any atom is 0.228 e. The van der Waals surface area contributed by atoms with Crippen molar-refractivity contribution < 1.29 is 9.18 Å². The number of hydrogen-bond acceptors (Lipinski definition) is 4. The standard InChI is InChI=1S/C18H16FN5O/c19-16-7-2-1-4-12(16)11-17(25)20-14-6-3-5-13(10-14)18-21-22-23-24(18)15-8-9-15/h1-7,10,15H,8-9,11H2,(H,20,25). The Kier molecular flexibility index (Phi) is 3.97. The molecule has 1 N–H and O–H groups in total. The molecule has 1 aromatic heterocycles. The van der Waals surface area contributed by atoms with Crippen molar-refractivity contribution in [3.05, 3.63) is 59.9 Å². The first-order valence-electron chi connectivity index (χ1n) is 8.12. The zero-order chi connectivity index (χ0) is 17.2. The molecule has 0 aliphatic heterocycles. The van der Waals surface area contributed by atoms with Gasteiger partial charge in [-0.15, -0.1) is 5.10 Å². The van der Waals surface area contributed by atoms with Crippen LogP contribution in [0.5, 0.6) is 0 Å². The van der Waals surface area contributed by atoms with Gasteiger partial charge in [0.25, 0.3) is 0 Å². The maximum atomic E-state index is 13.7. The van der Waals surface area contributed by atoms with E-state index in [9.17, 15) is 9.18 Å². The molecule has 1 fully saturated rings. The molecule has 6 nitrogen and oxygen atoms in total. The molecule has 0 saturated heterocycles. The zero-order valence-corrected chi connectivity index (χ0v) is 13.4. The number of carbonyl (C=O) groups excluding carboxylic acids is 1. The highest BCUT2D eigenvalue weighted by Crippen LogP contribution is 2.36. The first-order chi connectivity index (χ1) is 12.2. The number of tetrazole rings is 1. The molecule has 1 saturated carbocycles. The number of amides is 1. The second-order valence-electron chi connectivity index (χ2n) is 6.08. The lowest BCUT2D eigenvalue weighted by molar-refractivity contribution is -0.115. The maximum absolute atomic E-state index is 13.7. The van der Waals surface area contributed by atoms with Crippen LogP contribution in [0.3, 0.4) is 0 Å². The summed E-state index contributed by atoms with van der Waals surface area (Å²) in [6, 6.07) is 14.0. The predicted molar refractivity (Wildman–Crippen MR) is 90.3 cm³/mol. The van der Waals surface area contributed by atoms with E-state index in [0.717, 1.165) is 18.4 Å². The molecule has 0 bridgehead atoms. The lowest BCUT2D eigenvalue weighted by Crippen LogP contribution is -2.15. The summed E-state index contributed by atoms with van der Waals surface area (Å²) in [5, 5.41) is 14.7. The molecule has 1 aliphatic carbocycles. The quantitative estimate of drug-likeness (QED) is 0.777. The van der Waals surface area contributed by atoms with Crippen LogP contribution in [-0.2, 0) is 11.2 Å². The minimum absolute atomic E-state index is 0.0171. The molecule has 4 rings (SSSR count). The van der Waals surface area contributed by atoms with Crippen molar-refractivity contribution in [1.82, 2.24) is 20.2 Å². The van der Waals surface area contributed by atoms with E-state index < -0.39 is 0 Å². The Hall–Kier alpha value is -3.09. The van der Waals surface area contributed by atoms with Gasteiger partial charge in [0, 0.05) is 11.3 Å². The molecule has 2 aromatic carbocycles. The van der Waals surface area contributed by atoms with Crippen molar-refractivity contribution in [1.29, 1.82) is 0 Å². The molecule has 25 heavy (non-hydrogen) atoms. The largest absolute Gasteiger partial charge is 0.326 e. The summed E-state index contributed by atoms with van der Waals surface area (Å²) in [5.41, 5.74) is 1.83. The lowest BCUT2D eigenvalue weighted by atomic mass is 10.1. The third kappa shape index (κ3) is 3.40. The van der Waals surface area contributed by atoms with Crippen LogP contribution < -0.4 is 5.32 Å². The molecule has 1 heterocycles. The number of benzene rings is 2. The third-order valence-electron chi connectivity index (χ3n) is 4.10. The van der Waals surface area contributed by atoms with Crippen molar-refractivity contribution in [2.75, 3.05) is 5.32 Å². The molecule has 0 atom stereocenters. The first-order valence-corrected chi connectivity index (χ1v) is 8.12. The number of carbonyl (C=O) groups is 1. The second-order valence-corrected chi connectivity index (χ2v) is 6.08. The van der Waals surface area contributed by atoms with E-state index >= 15 is 0 Å². The Labute approximate surface area is 143 Å². The van der Waals surface area contributed by atoms with E-state index in [-0.39, 0.29) is 18.1 Å². The van der Waals surface area contributed by atoms with Crippen LogP contribution >= 0.6 is 0 Å². The highest BCUT2D eigenvalue weighted by molar-refractivity contribution is 5.92. The van der Waals surface area contributed by atoms with E-state index in [1.165, 1.54) is 6.07 Å². The van der Waals surface area contributed by atoms with Crippen molar-refractivity contribution in [2.45, 2.75) is 25.3 Å². The minimum atomic E-state index is -0.380. The second kappa shape index (κ2) is 6.43. The smallest absolute Gasteiger partial charge is 0.228 e. The number of aromatic nitrogens is 4. The van der Waals surface area contributed by atoms with E-state index in [1.54, 1.807) is 24.3 Å². The fraction of sp³-hybridized carbons (Fsp3) is 0.222. The van der Waals surface area contributed by atoms with Crippen molar-refractivity contribution in [3.63, 3.8) is 0 Å². The van der Waals surface area contributed by atoms with Gasteiger partial charge in [-0.05, 0) is 47.0 Å². The van der Waals surface area contributed by atoms with Crippen LogP contribution in [0.1, 0.15) is 24.4 Å². The van der Waals surface area contributed by atoms with Gasteiger partial charge in [0.2, 0.25) is 5.91 Å². The van der Waals surface area contributed by atoms with Gasteiger partial charge in [0.05, 0.1) is 12.5 Å². The normalized spacial score (nSPS) is 13.6. The van der Waals surface area contributed by atoms with Gasteiger partial charge in [-0.1, -0.05) is 30.3 Å². The van der Waals surface area contributed by atoms with E-state index in [2.05, 4.69) is 20.8 Å². The van der Waals surface area contributed by atoms with Gasteiger partial charge in [-0.3, -0.25) is 4.79 Å². The summed E-state index contributed by atoms with van der Waals surface area (Å²) < 4.78 is 15.5. The van der Waals surface area contributed by atoms with Gasteiger partial charge >= 0.3 is 0 Å². The number of nitrogens with one attached hydrogen (secondary N) is 1. The summed E-state index contributed by atoms with van der Waals surface area (Å²) in [6.07, 6.45) is 2.14. The van der Waals surface area contributed by atoms with Gasteiger partial charge in [0.1, 0.15) is 5.82 Å². The molecular weight excluding hydrogens is 321 g/mol. The Balaban J connectivity index is 1.51. The van der Waals surface area contributed by atoms with Crippen molar-refractivity contribution in [2.24, 2.45) is 0 Å². The molecule has 3 aromatic rings. The minimum Gasteiger partial charge on any atom is -0.326 e. The molecule has 7 heteroatoms. The Morgan fingerprint density at radius 1 is 1.20 bits per heavy atom. The molecule has 1 amide bonds. The van der Waals surface area contributed by atoms with Crippen LogP contribution in [0.25, 0.3) is 11.4 Å². The van der Waals surface area contributed by atoms with E-state index in [4.69, 9.17) is 0 Å². The zero-order valence-electron chi connectivity index (χ0n) is 13.4. The molecule has 0 radical (unpaired) electrons. The van der Waals surface area contributed by atoms with Crippen molar-refractivity contribution >= 4 is 11.6 Å². The highest BCUT2D eigenvalue weighted by Gasteiger charge is 2.28. The van der Waals surface area contributed by atoms with Crippen LogP contribution in [0, 0.1) is 5.82 Å². The Bertz CT molecular complexity index is 919. The third-order valence-corrected chi connectivity index (χ3v) is 4.10. The summed E-state index contributed by atoms with van der Waals surface area (Å²) >= 11 is 0. The van der Waals surface area contributed by atoms with Gasteiger partial charge in [0.15, 0.2) is 5.82 Å². The fourth-order valence-corrected chi connectivity index (χ4v) is 2.70.